The highest BCUT2D eigenvalue weighted by molar-refractivity contribution is 5.85. The zero-order valence-electron chi connectivity index (χ0n) is 11.2. The van der Waals surface area contributed by atoms with Crippen LogP contribution in [0.1, 0.15) is 32.6 Å². The van der Waals surface area contributed by atoms with Crippen LogP contribution in [0.5, 0.6) is 0 Å². The fourth-order valence-electron chi connectivity index (χ4n) is 2.65. The fourth-order valence-corrected chi connectivity index (χ4v) is 2.65. The predicted molar refractivity (Wildman–Crippen MR) is 74.0 cm³/mol. The summed E-state index contributed by atoms with van der Waals surface area (Å²) in [7, 11) is 0. The molecule has 0 aromatic carbocycles. The Morgan fingerprint density at radius 2 is 2.17 bits per heavy atom. The van der Waals surface area contributed by atoms with E-state index < -0.39 is 0 Å². The van der Waals surface area contributed by atoms with Gasteiger partial charge >= 0.3 is 0 Å². The average Bonchev–Trinajstić information content (AvgIpc) is 2.79. The van der Waals surface area contributed by atoms with Crippen LogP contribution in [-0.4, -0.2) is 38.8 Å². The van der Waals surface area contributed by atoms with Gasteiger partial charge in [-0.15, -0.1) is 12.4 Å². The summed E-state index contributed by atoms with van der Waals surface area (Å²) in [5.41, 5.74) is -0.185. The molecule has 18 heavy (non-hydrogen) atoms. The van der Waals surface area contributed by atoms with E-state index in [0.29, 0.717) is 0 Å². The first-order chi connectivity index (χ1) is 8.21. The minimum atomic E-state index is -0.185. The van der Waals surface area contributed by atoms with Crippen LogP contribution in [0.2, 0.25) is 0 Å². The molecule has 2 fully saturated rings. The summed E-state index contributed by atoms with van der Waals surface area (Å²) in [5, 5.41) is 6.35. The van der Waals surface area contributed by atoms with Crippen LogP contribution < -0.4 is 10.6 Å². The Labute approximate surface area is 116 Å². The third-order valence-corrected chi connectivity index (χ3v) is 4.10. The molecule has 0 aromatic rings. The van der Waals surface area contributed by atoms with Gasteiger partial charge in [-0.2, -0.15) is 0 Å². The number of carbonyl (C=O) groups is 1. The molecule has 106 valence electrons. The molecule has 2 aliphatic heterocycles. The Bertz CT molecular complexity index is 262. The van der Waals surface area contributed by atoms with Gasteiger partial charge in [0.15, 0.2) is 0 Å². The molecule has 0 spiro atoms. The summed E-state index contributed by atoms with van der Waals surface area (Å²) in [4.78, 5) is 12.0. The molecule has 1 atom stereocenters. The molecule has 0 aliphatic carbocycles. The summed E-state index contributed by atoms with van der Waals surface area (Å²) in [5.74, 6) is 0.952. The molecule has 2 aliphatic rings. The number of carbonyl (C=O) groups excluding carboxylic acids is 1. The minimum Gasteiger partial charge on any atom is -0.381 e. The minimum absolute atomic E-state index is 0. The SMILES string of the molecule is CC1(C(=O)NCCC2CCOCC2)CCNC1.Cl. The van der Waals surface area contributed by atoms with E-state index in [1.54, 1.807) is 0 Å². The topological polar surface area (TPSA) is 50.4 Å². The van der Waals surface area contributed by atoms with Gasteiger partial charge in [-0.05, 0) is 45.1 Å². The van der Waals surface area contributed by atoms with Gasteiger partial charge in [0, 0.05) is 26.3 Å². The highest BCUT2D eigenvalue weighted by Gasteiger charge is 2.35. The zero-order valence-corrected chi connectivity index (χ0v) is 12.0. The maximum absolute atomic E-state index is 12.0. The molecule has 2 saturated heterocycles. The molecular weight excluding hydrogens is 252 g/mol. The van der Waals surface area contributed by atoms with Crippen LogP contribution in [0.3, 0.4) is 0 Å². The lowest BCUT2D eigenvalue weighted by Gasteiger charge is -2.24. The van der Waals surface area contributed by atoms with Crippen molar-refractivity contribution in [3.8, 4) is 0 Å². The largest absolute Gasteiger partial charge is 0.381 e. The van der Waals surface area contributed by atoms with E-state index in [4.69, 9.17) is 4.74 Å². The summed E-state index contributed by atoms with van der Waals surface area (Å²) in [6.45, 7) is 6.43. The van der Waals surface area contributed by atoms with Crippen molar-refractivity contribution < 1.29 is 9.53 Å². The van der Waals surface area contributed by atoms with Crippen LogP contribution in [-0.2, 0) is 9.53 Å². The average molecular weight is 277 g/mol. The van der Waals surface area contributed by atoms with Crippen LogP contribution in [0.25, 0.3) is 0 Å². The number of ether oxygens (including phenoxy) is 1. The Morgan fingerprint density at radius 1 is 1.44 bits per heavy atom. The van der Waals surface area contributed by atoms with E-state index in [1.807, 2.05) is 0 Å². The summed E-state index contributed by atoms with van der Waals surface area (Å²) < 4.78 is 5.33. The molecule has 2 rings (SSSR count). The van der Waals surface area contributed by atoms with Crippen molar-refractivity contribution in [2.45, 2.75) is 32.6 Å². The number of hydrogen-bond donors (Lipinski definition) is 2. The molecule has 0 saturated carbocycles. The molecule has 4 nitrogen and oxygen atoms in total. The van der Waals surface area contributed by atoms with Crippen LogP contribution in [0, 0.1) is 11.3 Å². The molecule has 2 N–H and O–H groups in total. The Balaban J connectivity index is 0.00000162. The second-order valence-electron chi connectivity index (χ2n) is 5.59. The van der Waals surface area contributed by atoms with Gasteiger partial charge in [0.25, 0.3) is 0 Å². The van der Waals surface area contributed by atoms with E-state index in [9.17, 15) is 4.79 Å². The Kier molecular flexibility index (Phi) is 6.39. The van der Waals surface area contributed by atoms with E-state index in [-0.39, 0.29) is 23.7 Å². The molecule has 0 aromatic heterocycles. The lowest BCUT2D eigenvalue weighted by Crippen LogP contribution is -2.41. The first-order valence-electron chi connectivity index (χ1n) is 6.77. The number of hydrogen-bond acceptors (Lipinski definition) is 3. The van der Waals surface area contributed by atoms with Crippen LogP contribution >= 0.6 is 12.4 Å². The highest BCUT2D eigenvalue weighted by Crippen LogP contribution is 2.24. The van der Waals surface area contributed by atoms with Crippen molar-refractivity contribution in [3.05, 3.63) is 0 Å². The standard InChI is InChI=1S/C13H24N2O2.ClH/c1-13(5-7-14-10-13)12(16)15-6-2-11-3-8-17-9-4-11;/h11,14H,2-10H2,1H3,(H,15,16);1H. The lowest BCUT2D eigenvalue weighted by atomic mass is 9.88. The van der Waals surface area contributed by atoms with Gasteiger partial charge < -0.3 is 15.4 Å². The van der Waals surface area contributed by atoms with Gasteiger partial charge in [0.2, 0.25) is 5.91 Å². The molecule has 1 unspecified atom stereocenters. The molecule has 0 bridgehead atoms. The fraction of sp³-hybridized carbons (Fsp3) is 0.923. The highest BCUT2D eigenvalue weighted by atomic mass is 35.5. The summed E-state index contributed by atoms with van der Waals surface area (Å²) in [6, 6.07) is 0. The monoisotopic (exact) mass is 276 g/mol. The third kappa shape index (κ3) is 4.11. The number of halogens is 1. The lowest BCUT2D eigenvalue weighted by molar-refractivity contribution is -0.129. The Morgan fingerprint density at radius 3 is 2.78 bits per heavy atom. The molecular formula is C13H25ClN2O2. The van der Waals surface area contributed by atoms with E-state index >= 15 is 0 Å². The van der Waals surface area contributed by atoms with Crippen molar-refractivity contribution in [2.75, 3.05) is 32.8 Å². The molecule has 0 radical (unpaired) electrons. The second kappa shape index (κ2) is 7.31. The number of nitrogens with one attached hydrogen (secondary N) is 2. The third-order valence-electron chi connectivity index (χ3n) is 4.10. The van der Waals surface area contributed by atoms with Gasteiger partial charge in [0.1, 0.15) is 0 Å². The van der Waals surface area contributed by atoms with Crippen LogP contribution in [0.15, 0.2) is 0 Å². The normalized spacial score (nSPS) is 28.7. The van der Waals surface area contributed by atoms with Crippen molar-refractivity contribution in [2.24, 2.45) is 11.3 Å². The molecule has 5 heteroatoms. The first kappa shape index (κ1) is 15.7. The predicted octanol–water partition coefficient (Wildman–Crippen LogP) is 1.34. The van der Waals surface area contributed by atoms with Crippen molar-refractivity contribution >= 4 is 18.3 Å². The first-order valence-corrected chi connectivity index (χ1v) is 6.77. The van der Waals surface area contributed by atoms with Gasteiger partial charge in [-0.1, -0.05) is 0 Å². The van der Waals surface area contributed by atoms with Gasteiger partial charge in [-0.25, -0.2) is 0 Å². The summed E-state index contributed by atoms with van der Waals surface area (Å²) >= 11 is 0. The van der Waals surface area contributed by atoms with Crippen molar-refractivity contribution in [1.29, 1.82) is 0 Å². The maximum atomic E-state index is 12.0. The van der Waals surface area contributed by atoms with E-state index in [2.05, 4.69) is 17.6 Å². The van der Waals surface area contributed by atoms with Crippen molar-refractivity contribution in [3.63, 3.8) is 0 Å². The second-order valence-corrected chi connectivity index (χ2v) is 5.59. The van der Waals surface area contributed by atoms with E-state index in [1.165, 1.54) is 0 Å². The molecule has 2 heterocycles. The van der Waals surface area contributed by atoms with Crippen molar-refractivity contribution in [1.82, 2.24) is 10.6 Å². The van der Waals surface area contributed by atoms with Crippen LogP contribution in [0.4, 0.5) is 0 Å². The van der Waals surface area contributed by atoms with Gasteiger partial charge in [0.05, 0.1) is 5.41 Å². The smallest absolute Gasteiger partial charge is 0.227 e. The zero-order chi connectivity index (χ0) is 12.1. The maximum Gasteiger partial charge on any atom is 0.227 e. The van der Waals surface area contributed by atoms with Gasteiger partial charge in [-0.3, -0.25) is 4.79 Å². The quantitative estimate of drug-likeness (QED) is 0.815. The number of rotatable bonds is 4. The van der Waals surface area contributed by atoms with E-state index in [0.717, 1.165) is 64.4 Å². The molecule has 1 amide bonds. The summed E-state index contributed by atoms with van der Waals surface area (Å²) in [6.07, 6.45) is 4.35. The number of amides is 1. The Hall–Kier alpha value is -0.320.